The predicted molar refractivity (Wildman–Crippen MR) is 63.4 cm³/mol. The molecule has 82 valence electrons. The molecule has 3 nitrogen and oxygen atoms in total. The Morgan fingerprint density at radius 3 is 2.80 bits per heavy atom. The average Bonchev–Trinajstić information content (AvgIpc) is 2.61. The zero-order chi connectivity index (χ0) is 11.1. The van der Waals surface area contributed by atoms with E-state index in [0.29, 0.717) is 17.2 Å². The highest BCUT2D eigenvalue weighted by atomic mass is 32.1. The minimum Gasteiger partial charge on any atom is -0.212 e. The Bertz CT molecular complexity index is 427. The third-order valence-corrected chi connectivity index (χ3v) is 4.50. The summed E-state index contributed by atoms with van der Waals surface area (Å²) < 4.78 is 15.2. The van der Waals surface area contributed by atoms with E-state index in [-0.39, 0.29) is 5.41 Å². The van der Waals surface area contributed by atoms with Gasteiger partial charge in [0.05, 0.1) is 26.7 Å². The summed E-state index contributed by atoms with van der Waals surface area (Å²) in [5.41, 5.74) is 1.16. The van der Waals surface area contributed by atoms with Crippen molar-refractivity contribution >= 4 is 27.7 Å². The molecule has 0 fully saturated rings. The fraction of sp³-hybridized carbons (Fsp3) is 0.700. The van der Waals surface area contributed by atoms with Crippen LogP contribution in [0.5, 0.6) is 0 Å². The maximum atomic E-state index is 11.2. The van der Waals surface area contributed by atoms with Crippen molar-refractivity contribution < 1.29 is 4.21 Å². The molecular formula is C10H14N2OS2. The Labute approximate surface area is 97.1 Å². The van der Waals surface area contributed by atoms with E-state index < -0.39 is 0 Å². The average molecular weight is 242 g/mol. The van der Waals surface area contributed by atoms with Crippen LogP contribution < -0.4 is 0 Å². The van der Waals surface area contributed by atoms with Crippen LogP contribution >= 0.6 is 11.5 Å². The van der Waals surface area contributed by atoms with Crippen molar-refractivity contribution in [2.24, 2.45) is 11.3 Å². The molecule has 0 bridgehead atoms. The lowest BCUT2D eigenvalue weighted by molar-refractivity contribution is 0.297. The van der Waals surface area contributed by atoms with Crippen molar-refractivity contribution in [1.82, 2.24) is 9.59 Å². The van der Waals surface area contributed by atoms with Crippen molar-refractivity contribution in [3.8, 4) is 0 Å². The molecule has 1 unspecified atom stereocenters. The number of hydrogen-bond donors (Lipinski definition) is 0. The number of rotatable bonds is 0. The fourth-order valence-corrected chi connectivity index (χ4v) is 3.75. The molecule has 0 spiro atoms. The van der Waals surface area contributed by atoms with Crippen LogP contribution in [0.15, 0.2) is 0 Å². The summed E-state index contributed by atoms with van der Waals surface area (Å²) in [5.74, 6) is 0.356. The molecular weight excluding hydrogens is 228 g/mol. The van der Waals surface area contributed by atoms with Gasteiger partial charge in [0.15, 0.2) is 0 Å². The maximum Gasteiger partial charge on any atom is 0.0939 e. The van der Waals surface area contributed by atoms with Gasteiger partial charge in [-0.15, -0.1) is 5.10 Å². The molecule has 0 saturated carbocycles. The molecule has 0 amide bonds. The van der Waals surface area contributed by atoms with Crippen LogP contribution in [-0.2, 0) is 17.7 Å². The van der Waals surface area contributed by atoms with Gasteiger partial charge < -0.3 is 0 Å². The van der Waals surface area contributed by atoms with E-state index in [1.807, 2.05) is 0 Å². The lowest BCUT2D eigenvalue weighted by Crippen LogP contribution is -2.32. The summed E-state index contributed by atoms with van der Waals surface area (Å²) in [5, 5.41) is 4.07. The topological polar surface area (TPSA) is 42.9 Å². The summed E-state index contributed by atoms with van der Waals surface area (Å²) >= 11 is 1.98. The van der Waals surface area contributed by atoms with E-state index in [1.54, 1.807) is 0 Å². The van der Waals surface area contributed by atoms with E-state index in [1.165, 1.54) is 11.5 Å². The Morgan fingerprint density at radius 1 is 1.47 bits per heavy atom. The van der Waals surface area contributed by atoms with E-state index in [0.717, 1.165) is 28.3 Å². The number of aromatic nitrogens is 2. The quantitative estimate of drug-likeness (QED) is 0.652. The summed E-state index contributed by atoms with van der Waals surface area (Å²) in [6.07, 6.45) is 1.98. The summed E-state index contributed by atoms with van der Waals surface area (Å²) in [6, 6.07) is 0. The molecule has 0 radical (unpaired) electrons. The highest BCUT2D eigenvalue weighted by Gasteiger charge is 2.35. The van der Waals surface area contributed by atoms with Crippen molar-refractivity contribution in [1.29, 1.82) is 0 Å². The molecule has 1 aromatic rings. The van der Waals surface area contributed by atoms with Gasteiger partial charge in [-0.2, -0.15) is 0 Å². The van der Waals surface area contributed by atoms with Crippen molar-refractivity contribution in [2.75, 3.05) is 0 Å². The van der Waals surface area contributed by atoms with Gasteiger partial charge >= 0.3 is 0 Å². The molecule has 1 atom stereocenters. The first kappa shape index (κ1) is 11.0. The number of aryl methyl sites for hydroxylation is 1. The summed E-state index contributed by atoms with van der Waals surface area (Å²) in [6.45, 7) is 6.56. The predicted octanol–water partition coefficient (Wildman–Crippen LogP) is 1.88. The van der Waals surface area contributed by atoms with E-state index in [2.05, 4.69) is 30.4 Å². The van der Waals surface area contributed by atoms with Gasteiger partial charge in [0.1, 0.15) is 0 Å². The molecule has 0 aliphatic heterocycles. The summed E-state index contributed by atoms with van der Waals surface area (Å²) in [4.78, 5) is 1.97. The third-order valence-electron chi connectivity index (χ3n) is 2.90. The van der Waals surface area contributed by atoms with Gasteiger partial charge in [-0.25, -0.2) is 4.21 Å². The van der Waals surface area contributed by atoms with Crippen LogP contribution in [0.1, 0.15) is 37.8 Å². The lowest BCUT2D eigenvalue weighted by Gasteiger charge is -2.33. The highest BCUT2D eigenvalue weighted by Crippen LogP contribution is 2.37. The van der Waals surface area contributed by atoms with Crippen LogP contribution in [-0.4, -0.2) is 18.7 Å². The first-order valence-electron chi connectivity index (χ1n) is 5.02. The zero-order valence-corrected chi connectivity index (χ0v) is 10.7. The fourth-order valence-electron chi connectivity index (χ4n) is 2.05. The van der Waals surface area contributed by atoms with Crippen molar-refractivity contribution in [2.45, 2.75) is 33.6 Å². The van der Waals surface area contributed by atoms with E-state index in [4.69, 9.17) is 0 Å². The van der Waals surface area contributed by atoms with Crippen molar-refractivity contribution in [3.05, 3.63) is 10.6 Å². The van der Waals surface area contributed by atoms with Gasteiger partial charge in [-0.1, -0.05) is 25.3 Å². The van der Waals surface area contributed by atoms with Crippen molar-refractivity contribution in [3.63, 3.8) is 0 Å². The molecule has 0 aromatic carbocycles. The van der Waals surface area contributed by atoms with Crippen LogP contribution in [0.25, 0.3) is 0 Å². The smallest absolute Gasteiger partial charge is 0.0939 e. The second-order valence-corrected chi connectivity index (χ2v) is 6.31. The largest absolute Gasteiger partial charge is 0.212 e. The lowest BCUT2D eigenvalue weighted by atomic mass is 9.73. The Hall–Kier alpha value is -0.550. The van der Waals surface area contributed by atoms with Gasteiger partial charge in [-0.3, -0.25) is 0 Å². The molecule has 0 saturated heterocycles. The first-order chi connectivity index (χ1) is 7.04. The molecule has 1 heterocycles. The second-order valence-electron chi connectivity index (χ2n) is 4.95. The monoisotopic (exact) mass is 242 g/mol. The Kier molecular flexibility index (Phi) is 2.77. The third kappa shape index (κ3) is 1.90. The summed E-state index contributed by atoms with van der Waals surface area (Å²) in [7, 11) is 0. The van der Waals surface area contributed by atoms with Gasteiger partial charge in [0.2, 0.25) is 0 Å². The van der Waals surface area contributed by atoms with Gasteiger partial charge in [-0.05, 0) is 29.8 Å². The van der Waals surface area contributed by atoms with Crippen LogP contribution in [0, 0.1) is 11.3 Å². The molecule has 15 heavy (non-hydrogen) atoms. The maximum absolute atomic E-state index is 11.2. The van der Waals surface area contributed by atoms with Crippen LogP contribution in [0.3, 0.4) is 0 Å². The van der Waals surface area contributed by atoms with Gasteiger partial charge in [0.25, 0.3) is 0 Å². The SMILES string of the molecule is CC(C)(C)C1CCc2nnsc2C1=S=O. The minimum atomic E-state index is 0.147. The van der Waals surface area contributed by atoms with Crippen LogP contribution in [0.4, 0.5) is 0 Å². The second kappa shape index (κ2) is 3.79. The number of fused-ring (bicyclic) bond motifs is 1. The molecule has 1 aliphatic carbocycles. The minimum absolute atomic E-state index is 0.147. The zero-order valence-electron chi connectivity index (χ0n) is 9.11. The standard InChI is InChI=1S/C10H14N2OS2/c1-10(2,3)6-4-5-7-9(8(6)15-13)14-12-11-7/h6H,4-5H2,1-3H3. The molecule has 0 N–H and O–H groups in total. The molecule has 2 rings (SSSR count). The Balaban J connectivity index is 2.47. The van der Waals surface area contributed by atoms with E-state index >= 15 is 0 Å². The van der Waals surface area contributed by atoms with E-state index in [9.17, 15) is 4.21 Å². The highest BCUT2D eigenvalue weighted by molar-refractivity contribution is 7.67. The molecule has 5 heteroatoms. The number of hydrogen-bond acceptors (Lipinski definition) is 4. The Morgan fingerprint density at radius 2 is 2.20 bits per heavy atom. The first-order valence-corrected chi connectivity index (χ1v) is 6.54. The number of nitrogens with zero attached hydrogens (tertiary/aromatic N) is 2. The van der Waals surface area contributed by atoms with Crippen LogP contribution in [0.2, 0.25) is 0 Å². The molecule has 1 aromatic heterocycles. The van der Waals surface area contributed by atoms with Gasteiger partial charge in [0, 0.05) is 5.92 Å². The molecule has 1 aliphatic rings. The normalized spacial score (nSPS) is 21.3.